The lowest BCUT2D eigenvalue weighted by Crippen LogP contribution is -2.13. The van der Waals surface area contributed by atoms with Crippen LogP contribution in [0.15, 0.2) is 36.4 Å². The fourth-order valence-electron chi connectivity index (χ4n) is 2.50. The van der Waals surface area contributed by atoms with Crippen LogP contribution in [0, 0.1) is 0 Å². The summed E-state index contributed by atoms with van der Waals surface area (Å²) in [7, 11) is 0. The molecule has 0 unspecified atom stereocenters. The number of aliphatic hydroxyl groups is 1. The molecule has 0 radical (unpaired) electrons. The molecule has 0 saturated carbocycles. The predicted molar refractivity (Wildman–Crippen MR) is 93.4 cm³/mol. The minimum absolute atomic E-state index is 0.0100. The lowest BCUT2D eigenvalue weighted by molar-refractivity contribution is 0.299. The first-order chi connectivity index (χ1) is 10.9. The lowest BCUT2D eigenvalue weighted by atomic mass is 9.85. The second-order valence-corrected chi connectivity index (χ2v) is 7.17. The van der Waals surface area contributed by atoms with Crippen molar-refractivity contribution in [3.63, 3.8) is 0 Å². The molecule has 0 bridgehead atoms. The monoisotopic (exact) mass is 329 g/mol. The molecule has 2 aromatic carbocycles. The summed E-state index contributed by atoms with van der Waals surface area (Å²) in [6.07, 6.45) is 0.615. The zero-order valence-corrected chi connectivity index (χ0v) is 14.3. The summed E-state index contributed by atoms with van der Waals surface area (Å²) in [4.78, 5) is 1.64. The molecule has 0 aliphatic carbocycles. The van der Waals surface area contributed by atoms with E-state index in [9.17, 15) is 5.11 Å². The van der Waals surface area contributed by atoms with E-state index in [0.29, 0.717) is 11.4 Å². The fourth-order valence-corrected chi connectivity index (χ4v) is 2.67. The molecule has 0 amide bonds. The summed E-state index contributed by atoms with van der Waals surface area (Å²) in [5.41, 5.74) is 4.75. The molecule has 0 fully saturated rings. The minimum Gasteiger partial charge on any atom is -0.396 e. The number of halogens is 1. The van der Waals surface area contributed by atoms with Crippen LogP contribution < -0.4 is 0 Å². The Labute approximate surface area is 140 Å². The van der Waals surface area contributed by atoms with Crippen LogP contribution in [0.3, 0.4) is 0 Å². The third kappa shape index (κ3) is 3.38. The predicted octanol–water partition coefficient (Wildman–Crippen LogP) is 3.91. The molecule has 0 aliphatic rings. The van der Waals surface area contributed by atoms with E-state index in [1.807, 2.05) is 24.3 Å². The molecule has 0 spiro atoms. The average molecular weight is 330 g/mol. The number of benzene rings is 2. The number of aromatic nitrogens is 3. The van der Waals surface area contributed by atoms with E-state index in [-0.39, 0.29) is 12.0 Å². The van der Waals surface area contributed by atoms with Gasteiger partial charge in [-0.1, -0.05) is 38.4 Å². The summed E-state index contributed by atoms with van der Waals surface area (Å²) in [5.74, 6) is 0. The Morgan fingerprint density at radius 3 is 2.48 bits per heavy atom. The molecule has 1 aromatic heterocycles. The molecule has 120 valence electrons. The van der Waals surface area contributed by atoms with E-state index in [0.717, 1.165) is 22.3 Å². The van der Waals surface area contributed by atoms with Crippen molar-refractivity contribution in [3.8, 4) is 5.69 Å². The van der Waals surface area contributed by atoms with E-state index in [2.05, 4.69) is 43.1 Å². The Hall–Kier alpha value is -1.91. The van der Waals surface area contributed by atoms with E-state index in [1.54, 1.807) is 4.80 Å². The van der Waals surface area contributed by atoms with Crippen molar-refractivity contribution in [1.29, 1.82) is 0 Å². The highest BCUT2D eigenvalue weighted by Crippen LogP contribution is 2.26. The Bertz CT molecular complexity index is 849. The molecule has 1 heterocycles. The highest BCUT2D eigenvalue weighted by molar-refractivity contribution is 6.31. The van der Waals surface area contributed by atoms with Crippen molar-refractivity contribution in [1.82, 2.24) is 15.0 Å². The lowest BCUT2D eigenvalue weighted by Gasteiger charge is -2.21. The van der Waals surface area contributed by atoms with Crippen molar-refractivity contribution in [3.05, 3.63) is 52.5 Å². The number of rotatable bonds is 3. The first-order valence-electron chi connectivity index (χ1n) is 7.65. The maximum atomic E-state index is 9.27. The van der Waals surface area contributed by atoms with Gasteiger partial charge in [0.15, 0.2) is 0 Å². The van der Waals surface area contributed by atoms with Gasteiger partial charge < -0.3 is 5.11 Å². The van der Waals surface area contributed by atoms with Crippen LogP contribution in [0.25, 0.3) is 16.7 Å². The summed E-state index contributed by atoms with van der Waals surface area (Å²) >= 11 is 6.02. The second kappa shape index (κ2) is 5.95. The van der Waals surface area contributed by atoms with Gasteiger partial charge in [0.2, 0.25) is 0 Å². The molecular weight excluding hydrogens is 310 g/mol. The Morgan fingerprint density at radius 2 is 1.78 bits per heavy atom. The molecule has 0 atom stereocenters. The molecule has 23 heavy (non-hydrogen) atoms. The Kier molecular flexibility index (Phi) is 4.13. The Balaban J connectivity index is 2.14. The molecule has 0 aliphatic heterocycles. The van der Waals surface area contributed by atoms with E-state index < -0.39 is 0 Å². The quantitative estimate of drug-likeness (QED) is 0.792. The van der Waals surface area contributed by atoms with Crippen molar-refractivity contribution in [2.24, 2.45) is 0 Å². The summed E-state index contributed by atoms with van der Waals surface area (Å²) in [6.45, 7) is 6.63. The van der Waals surface area contributed by atoms with E-state index >= 15 is 0 Å². The van der Waals surface area contributed by atoms with Gasteiger partial charge in [-0.05, 0) is 53.3 Å². The third-order valence-corrected chi connectivity index (χ3v) is 4.05. The molecule has 1 N–H and O–H groups in total. The van der Waals surface area contributed by atoms with Crippen LogP contribution in [0.4, 0.5) is 0 Å². The summed E-state index contributed by atoms with van der Waals surface area (Å²) in [6, 6.07) is 11.7. The number of nitrogens with zero attached hydrogens (tertiary/aromatic N) is 3. The third-order valence-electron chi connectivity index (χ3n) is 3.82. The molecule has 4 nitrogen and oxygen atoms in total. The molecular formula is C18H20ClN3O. The van der Waals surface area contributed by atoms with E-state index in [1.165, 1.54) is 5.56 Å². The minimum atomic E-state index is 0.0100. The van der Waals surface area contributed by atoms with Crippen LogP contribution >= 0.6 is 11.6 Å². The van der Waals surface area contributed by atoms with Gasteiger partial charge in [0.05, 0.1) is 5.69 Å². The smallest absolute Gasteiger partial charge is 0.115 e. The summed E-state index contributed by atoms with van der Waals surface area (Å²) in [5, 5.41) is 19.0. The van der Waals surface area contributed by atoms with Gasteiger partial charge >= 0.3 is 0 Å². The zero-order chi connectivity index (χ0) is 16.6. The van der Waals surface area contributed by atoms with Crippen molar-refractivity contribution >= 4 is 22.6 Å². The number of hydrogen-bond acceptors (Lipinski definition) is 3. The van der Waals surface area contributed by atoms with Crippen molar-refractivity contribution in [2.75, 3.05) is 6.61 Å². The van der Waals surface area contributed by atoms with Gasteiger partial charge in [-0.2, -0.15) is 4.80 Å². The second-order valence-electron chi connectivity index (χ2n) is 6.73. The van der Waals surface area contributed by atoms with Crippen LogP contribution in [0.5, 0.6) is 0 Å². The van der Waals surface area contributed by atoms with E-state index in [4.69, 9.17) is 11.6 Å². The van der Waals surface area contributed by atoms with Crippen molar-refractivity contribution < 1.29 is 5.11 Å². The molecule has 0 saturated heterocycles. The van der Waals surface area contributed by atoms with Gasteiger partial charge in [0.1, 0.15) is 11.0 Å². The zero-order valence-electron chi connectivity index (χ0n) is 13.5. The first kappa shape index (κ1) is 16.0. The van der Waals surface area contributed by atoms with Gasteiger partial charge in [-0.25, -0.2) is 0 Å². The number of aliphatic hydroxyl groups excluding tert-OH is 1. The Morgan fingerprint density at radius 1 is 1.04 bits per heavy atom. The maximum absolute atomic E-state index is 9.27. The highest BCUT2D eigenvalue weighted by Gasteiger charge is 2.17. The van der Waals surface area contributed by atoms with Gasteiger partial charge in [0, 0.05) is 11.6 Å². The van der Waals surface area contributed by atoms with Crippen LogP contribution in [0.2, 0.25) is 5.02 Å². The normalized spacial score (nSPS) is 12.0. The highest BCUT2D eigenvalue weighted by atomic mass is 35.5. The van der Waals surface area contributed by atoms with Gasteiger partial charge in [-0.15, -0.1) is 10.2 Å². The fraction of sp³-hybridized carbons (Fsp3) is 0.333. The SMILES string of the molecule is CC(C)(C)c1cc(CCO)cc(-n2nc3ccc(Cl)cc3n2)c1. The first-order valence-corrected chi connectivity index (χ1v) is 8.03. The largest absolute Gasteiger partial charge is 0.396 e. The number of hydrogen-bond donors (Lipinski definition) is 1. The van der Waals surface area contributed by atoms with Crippen LogP contribution in [0.1, 0.15) is 31.9 Å². The topological polar surface area (TPSA) is 50.9 Å². The molecule has 3 aromatic rings. The van der Waals surface area contributed by atoms with Gasteiger partial charge in [0.25, 0.3) is 0 Å². The summed E-state index contributed by atoms with van der Waals surface area (Å²) < 4.78 is 0. The van der Waals surface area contributed by atoms with Crippen molar-refractivity contribution in [2.45, 2.75) is 32.6 Å². The molecule has 3 rings (SSSR count). The number of fused-ring (bicyclic) bond motifs is 1. The molecule has 5 heteroatoms. The van der Waals surface area contributed by atoms with Gasteiger partial charge in [-0.3, -0.25) is 0 Å². The van der Waals surface area contributed by atoms with Crippen LogP contribution in [-0.4, -0.2) is 26.7 Å². The maximum Gasteiger partial charge on any atom is 0.115 e. The average Bonchev–Trinajstić information content (AvgIpc) is 2.89. The van der Waals surface area contributed by atoms with Crippen LogP contribution in [-0.2, 0) is 11.8 Å². The standard InChI is InChI=1S/C18H20ClN3O/c1-18(2,3)13-8-12(6-7-23)9-15(10-13)22-20-16-5-4-14(19)11-17(16)21-22/h4-5,8-11,23H,6-7H2,1-3H3.